The topological polar surface area (TPSA) is 49.4 Å². The van der Waals surface area contributed by atoms with Crippen LogP contribution >= 0.6 is 0 Å². The third kappa shape index (κ3) is 4.43. The molecule has 0 radical (unpaired) electrons. The van der Waals surface area contributed by atoms with E-state index in [2.05, 4.69) is 0 Å². The number of rotatable bonds is 5. The van der Waals surface area contributed by atoms with Crippen molar-refractivity contribution >= 4 is 17.5 Å². The first-order valence-electron chi connectivity index (χ1n) is 7.21. The monoisotopic (exact) mass is 332 g/mol. The lowest BCUT2D eigenvalue weighted by molar-refractivity contribution is -0.145. The molecular formula is C15H16F4N2O2. The largest absolute Gasteiger partial charge is 0.328 e. The molecule has 1 N–H and O–H groups in total. The zero-order valence-electron chi connectivity index (χ0n) is 12.2. The molecule has 2 rings (SSSR count). The number of amides is 2. The molecule has 1 saturated carbocycles. The lowest BCUT2D eigenvalue weighted by Crippen LogP contribution is -2.45. The second-order valence-electron chi connectivity index (χ2n) is 5.45. The van der Waals surface area contributed by atoms with Crippen molar-refractivity contribution in [3.05, 3.63) is 29.8 Å². The Morgan fingerprint density at radius 2 is 1.96 bits per heavy atom. The van der Waals surface area contributed by atoms with Crippen molar-refractivity contribution in [3.8, 4) is 0 Å². The maximum Gasteiger partial charge on any atom is 0.313 e. The fraction of sp³-hybridized carbons (Fsp3) is 0.467. The van der Waals surface area contributed by atoms with Gasteiger partial charge in [-0.25, -0.2) is 17.6 Å². The van der Waals surface area contributed by atoms with E-state index in [9.17, 15) is 27.2 Å². The van der Waals surface area contributed by atoms with Crippen molar-refractivity contribution in [1.29, 1.82) is 0 Å². The van der Waals surface area contributed by atoms with Crippen LogP contribution in [0, 0.1) is 17.6 Å². The molecule has 1 aromatic rings. The molecule has 0 heterocycles. The van der Waals surface area contributed by atoms with E-state index < -0.39 is 42.1 Å². The average Bonchev–Trinajstić information content (AvgIpc) is 2.45. The van der Waals surface area contributed by atoms with Crippen molar-refractivity contribution in [2.45, 2.75) is 25.7 Å². The van der Waals surface area contributed by atoms with E-state index in [1.54, 1.807) is 0 Å². The molecule has 0 spiro atoms. The highest BCUT2D eigenvalue weighted by Crippen LogP contribution is 2.27. The van der Waals surface area contributed by atoms with Gasteiger partial charge in [0.05, 0.1) is 12.2 Å². The van der Waals surface area contributed by atoms with E-state index in [0.717, 1.165) is 42.4 Å². The molecule has 0 aliphatic heterocycles. The van der Waals surface area contributed by atoms with Gasteiger partial charge >= 0.3 is 11.8 Å². The van der Waals surface area contributed by atoms with Gasteiger partial charge in [-0.2, -0.15) is 0 Å². The summed E-state index contributed by atoms with van der Waals surface area (Å²) in [5.41, 5.74) is -0.510. The first-order chi connectivity index (χ1) is 10.9. The molecule has 1 aliphatic carbocycles. The minimum absolute atomic E-state index is 0.0578. The van der Waals surface area contributed by atoms with Crippen LogP contribution < -0.4 is 5.32 Å². The van der Waals surface area contributed by atoms with Crippen LogP contribution in [0.4, 0.5) is 23.2 Å². The summed E-state index contributed by atoms with van der Waals surface area (Å²) in [5.74, 6) is -4.85. The molecule has 8 heteroatoms. The Labute approximate surface area is 130 Å². The fourth-order valence-corrected chi connectivity index (χ4v) is 2.31. The Morgan fingerprint density at radius 3 is 2.52 bits per heavy atom. The van der Waals surface area contributed by atoms with E-state index in [0.29, 0.717) is 0 Å². The van der Waals surface area contributed by atoms with Crippen molar-refractivity contribution in [2.75, 3.05) is 18.4 Å². The second-order valence-corrected chi connectivity index (χ2v) is 5.45. The SMILES string of the molecule is O=C(Nc1cccc(F)c1F)C(=O)N(CC(F)F)CC1CCC1. The summed E-state index contributed by atoms with van der Waals surface area (Å²) in [6.45, 7) is -0.809. The molecule has 0 bridgehead atoms. The quantitative estimate of drug-likeness (QED) is 0.666. The van der Waals surface area contributed by atoms with Crippen LogP contribution in [-0.4, -0.2) is 36.2 Å². The Bertz CT molecular complexity index is 591. The van der Waals surface area contributed by atoms with Crippen LogP contribution in [-0.2, 0) is 9.59 Å². The van der Waals surface area contributed by atoms with Crippen LogP contribution in [0.3, 0.4) is 0 Å². The summed E-state index contributed by atoms with van der Waals surface area (Å²) in [6, 6.07) is 3.09. The second kappa shape index (κ2) is 7.43. The smallest absolute Gasteiger partial charge is 0.313 e. The molecule has 126 valence electrons. The van der Waals surface area contributed by atoms with Crippen LogP contribution in [0.25, 0.3) is 0 Å². The molecule has 4 nitrogen and oxygen atoms in total. The van der Waals surface area contributed by atoms with E-state index in [4.69, 9.17) is 0 Å². The Kier molecular flexibility index (Phi) is 5.57. The number of hydrogen-bond acceptors (Lipinski definition) is 2. The molecule has 1 aromatic carbocycles. The van der Waals surface area contributed by atoms with Gasteiger partial charge in [0.1, 0.15) is 0 Å². The normalized spacial score (nSPS) is 14.5. The van der Waals surface area contributed by atoms with Gasteiger partial charge in [-0.3, -0.25) is 9.59 Å². The number of anilines is 1. The zero-order chi connectivity index (χ0) is 17.0. The number of nitrogens with zero attached hydrogens (tertiary/aromatic N) is 1. The number of nitrogens with one attached hydrogen (secondary N) is 1. The lowest BCUT2D eigenvalue weighted by atomic mass is 9.85. The Morgan fingerprint density at radius 1 is 1.26 bits per heavy atom. The number of halogens is 4. The molecular weight excluding hydrogens is 316 g/mol. The minimum atomic E-state index is -2.78. The number of benzene rings is 1. The molecule has 2 amide bonds. The van der Waals surface area contributed by atoms with E-state index in [1.165, 1.54) is 0 Å². The van der Waals surface area contributed by atoms with Crippen LogP contribution in [0.5, 0.6) is 0 Å². The van der Waals surface area contributed by atoms with Crippen molar-refractivity contribution < 1.29 is 27.2 Å². The molecule has 0 atom stereocenters. The lowest BCUT2D eigenvalue weighted by Gasteiger charge is -2.31. The van der Waals surface area contributed by atoms with Gasteiger partial charge < -0.3 is 10.2 Å². The fourth-order valence-electron chi connectivity index (χ4n) is 2.31. The summed E-state index contributed by atoms with van der Waals surface area (Å²) >= 11 is 0. The maximum absolute atomic E-state index is 13.5. The summed E-state index contributed by atoms with van der Waals surface area (Å²) in [6.07, 6.45) is -0.194. The predicted molar refractivity (Wildman–Crippen MR) is 74.9 cm³/mol. The van der Waals surface area contributed by atoms with E-state index in [-0.39, 0.29) is 12.5 Å². The number of carbonyl (C=O) groups excluding carboxylic acids is 2. The highest BCUT2D eigenvalue weighted by Gasteiger charge is 2.29. The first kappa shape index (κ1) is 17.2. The van der Waals surface area contributed by atoms with Gasteiger partial charge in [-0.05, 0) is 30.9 Å². The Hall–Kier alpha value is -2.12. The van der Waals surface area contributed by atoms with Crippen molar-refractivity contribution in [2.24, 2.45) is 5.92 Å². The minimum Gasteiger partial charge on any atom is -0.328 e. The average molecular weight is 332 g/mol. The van der Waals surface area contributed by atoms with Crippen LogP contribution in [0.1, 0.15) is 19.3 Å². The Balaban J connectivity index is 2.05. The number of alkyl halides is 2. The highest BCUT2D eigenvalue weighted by molar-refractivity contribution is 6.39. The summed E-state index contributed by atoms with van der Waals surface area (Å²) in [7, 11) is 0. The molecule has 0 saturated heterocycles. The first-order valence-corrected chi connectivity index (χ1v) is 7.21. The van der Waals surface area contributed by atoms with Crippen molar-refractivity contribution in [3.63, 3.8) is 0 Å². The van der Waals surface area contributed by atoms with Gasteiger partial charge in [0.25, 0.3) is 6.43 Å². The van der Waals surface area contributed by atoms with E-state index >= 15 is 0 Å². The predicted octanol–water partition coefficient (Wildman–Crippen LogP) is 2.80. The number of hydrogen-bond donors (Lipinski definition) is 1. The van der Waals surface area contributed by atoms with Crippen LogP contribution in [0.2, 0.25) is 0 Å². The standard InChI is InChI=1S/C15H16F4N2O2/c16-10-5-2-6-11(13(10)19)20-14(22)15(23)21(8-12(17)18)7-9-3-1-4-9/h2,5-6,9,12H,1,3-4,7-8H2,(H,20,22). The molecule has 0 unspecified atom stereocenters. The van der Waals surface area contributed by atoms with Gasteiger partial charge in [-0.15, -0.1) is 0 Å². The number of carbonyl (C=O) groups is 2. The summed E-state index contributed by atoms with van der Waals surface area (Å²) in [4.78, 5) is 24.6. The molecule has 1 aliphatic rings. The van der Waals surface area contributed by atoms with Gasteiger partial charge in [0.2, 0.25) is 0 Å². The third-order valence-corrected chi connectivity index (χ3v) is 3.74. The van der Waals surface area contributed by atoms with Crippen molar-refractivity contribution in [1.82, 2.24) is 4.90 Å². The highest BCUT2D eigenvalue weighted by atomic mass is 19.3. The molecule has 1 fully saturated rings. The third-order valence-electron chi connectivity index (χ3n) is 3.74. The summed E-state index contributed by atoms with van der Waals surface area (Å²) in [5, 5.41) is 1.92. The summed E-state index contributed by atoms with van der Waals surface area (Å²) < 4.78 is 51.7. The molecule has 0 aromatic heterocycles. The van der Waals surface area contributed by atoms with Gasteiger partial charge in [-0.1, -0.05) is 12.5 Å². The zero-order valence-corrected chi connectivity index (χ0v) is 12.2. The van der Waals surface area contributed by atoms with Crippen LogP contribution in [0.15, 0.2) is 18.2 Å². The van der Waals surface area contributed by atoms with Gasteiger partial charge in [0, 0.05) is 6.54 Å². The van der Waals surface area contributed by atoms with Gasteiger partial charge in [0.15, 0.2) is 11.6 Å². The molecule has 23 heavy (non-hydrogen) atoms. The maximum atomic E-state index is 13.5. The van der Waals surface area contributed by atoms with E-state index in [1.807, 2.05) is 5.32 Å².